The summed E-state index contributed by atoms with van der Waals surface area (Å²) in [6.07, 6.45) is -1.25. The lowest BCUT2D eigenvalue weighted by Gasteiger charge is -2.27. The first kappa shape index (κ1) is 22.0. The van der Waals surface area contributed by atoms with Gasteiger partial charge < -0.3 is 25.4 Å². The number of aliphatic hydroxyl groups is 2. The van der Waals surface area contributed by atoms with E-state index in [0.717, 1.165) is 4.31 Å². The van der Waals surface area contributed by atoms with Crippen molar-refractivity contribution >= 4 is 15.7 Å². The number of hydrogen-bond acceptors (Lipinski definition) is 7. The molecular formula is C19H26N2O6S. The van der Waals surface area contributed by atoms with Crippen molar-refractivity contribution in [2.45, 2.75) is 17.9 Å². The topological polar surface area (TPSA) is 122 Å². The zero-order valence-electron chi connectivity index (χ0n) is 15.9. The number of ether oxygens (including phenoxy) is 2. The van der Waals surface area contributed by atoms with E-state index in [1.807, 2.05) is 0 Å². The van der Waals surface area contributed by atoms with E-state index in [2.05, 4.69) is 0 Å². The summed E-state index contributed by atoms with van der Waals surface area (Å²) in [5.41, 5.74) is 6.49. The van der Waals surface area contributed by atoms with Gasteiger partial charge in [0.15, 0.2) is 11.5 Å². The van der Waals surface area contributed by atoms with Gasteiger partial charge in [0.1, 0.15) is 11.5 Å². The predicted octanol–water partition coefficient (Wildman–Crippen LogP) is 0.890. The van der Waals surface area contributed by atoms with E-state index >= 15 is 0 Å². The lowest BCUT2D eigenvalue weighted by molar-refractivity contribution is 0.102. The molecule has 0 amide bonds. The van der Waals surface area contributed by atoms with Gasteiger partial charge in [0.2, 0.25) is 0 Å². The molecule has 8 nitrogen and oxygen atoms in total. The third-order valence-electron chi connectivity index (χ3n) is 3.94. The molecule has 0 aliphatic heterocycles. The van der Waals surface area contributed by atoms with Gasteiger partial charge in [-0.25, -0.2) is 8.42 Å². The quantitative estimate of drug-likeness (QED) is 0.532. The number of hydrogen-bond donors (Lipinski definition) is 3. The van der Waals surface area contributed by atoms with Crippen LogP contribution in [0.25, 0.3) is 0 Å². The Morgan fingerprint density at radius 1 is 1.21 bits per heavy atom. The fraction of sp³-hybridized carbons (Fsp3) is 0.368. The van der Waals surface area contributed by atoms with Crippen LogP contribution in [-0.4, -0.2) is 58.1 Å². The van der Waals surface area contributed by atoms with Crippen LogP contribution in [0.3, 0.4) is 0 Å². The number of anilines is 1. The highest BCUT2D eigenvalue weighted by Gasteiger charge is 2.31. The Balaban J connectivity index is 2.62. The van der Waals surface area contributed by atoms with E-state index in [1.54, 1.807) is 43.3 Å². The van der Waals surface area contributed by atoms with E-state index in [-0.39, 0.29) is 36.1 Å². The molecule has 0 aliphatic rings. The van der Waals surface area contributed by atoms with Crippen molar-refractivity contribution in [3.63, 3.8) is 0 Å². The molecule has 0 aromatic heterocycles. The Labute approximate surface area is 165 Å². The molecule has 28 heavy (non-hydrogen) atoms. The molecule has 2 rings (SSSR count). The van der Waals surface area contributed by atoms with E-state index < -0.39 is 22.7 Å². The number of nitrogens with zero attached hydrogens (tertiary/aromatic N) is 1. The summed E-state index contributed by atoms with van der Waals surface area (Å²) < 4.78 is 39.0. The number of nitrogens with two attached hydrogens (primary N) is 1. The second-order valence-electron chi connectivity index (χ2n) is 6.14. The third kappa shape index (κ3) is 4.93. The van der Waals surface area contributed by atoms with E-state index in [0.29, 0.717) is 11.3 Å². The summed E-state index contributed by atoms with van der Waals surface area (Å²) in [6.45, 7) is 1.31. The van der Waals surface area contributed by atoms with Crippen molar-refractivity contribution in [3.8, 4) is 11.5 Å². The zero-order valence-corrected chi connectivity index (χ0v) is 16.7. The lowest BCUT2D eigenvalue weighted by atomic mass is 10.2. The molecule has 0 bridgehead atoms. The lowest BCUT2D eigenvalue weighted by Crippen LogP contribution is -2.39. The van der Waals surface area contributed by atoms with Gasteiger partial charge in [-0.15, -0.1) is 0 Å². The van der Waals surface area contributed by atoms with Crippen molar-refractivity contribution < 1.29 is 28.1 Å². The van der Waals surface area contributed by atoms with Gasteiger partial charge in [-0.05, 0) is 36.8 Å². The Bertz CT molecular complexity index is 873. The minimum Gasteiger partial charge on any atom is -0.492 e. The summed E-state index contributed by atoms with van der Waals surface area (Å²) in [6, 6.07) is 11.5. The first-order chi connectivity index (χ1) is 13.3. The second-order valence-corrected chi connectivity index (χ2v) is 7.97. The molecule has 0 fully saturated rings. The maximum absolute atomic E-state index is 13.5. The van der Waals surface area contributed by atoms with E-state index in [1.165, 1.54) is 13.2 Å². The van der Waals surface area contributed by atoms with Crippen LogP contribution in [0, 0.1) is 6.92 Å². The molecular weight excluding hydrogens is 384 g/mol. The van der Waals surface area contributed by atoms with Gasteiger partial charge in [-0.2, -0.15) is 0 Å². The standard InChI is InChI=1S/C19H26N2O6S/c1-14-10-17(27-9-8-20)19(26-2)18(11-14)28(24,25)21(12-16(23)13-22)15-6-4-3-5-7-15/h3-7,10-11,16,22-23H,8-9,12-13,20H2,1-2H3. The molecule has 2 aromatic rings. The van der Waals surface area contributed by atoms with Crippen molar-refractivity contribution in [1.82, 2.24) is 0 Å². The number of methoxy groups -OCH3 is 1. The summed E-state index contributed by atoms with van der Waals surface area (Å²) in [5.74, 6) is 0.320. The smallest absolute Gasteiger partial charge is 0.268 e. The van der Waals surface area contributed by atoms with Gasteiger partial charge in [0.05, 0.1) is 32.1 Å². The third-order valence-corrected chi connectivity index (χ3v) is 5.74. The van der Waals surface area contributed by atoms with Crippen LogP contribution in [0.15, 0.2) is 47.4 Å². The number of benzene rings is 2. The molecule has 0 heterocycles. The highest BCUT2D eigenvalue weighted by Crippen LogP contribution is 2.38. The van der Waals surface area contributed by atoms with Crippen molar-refractivity contribution in [1.29, 1.82) is 0 Å². The fourth-order valence-corrected chi connectivity index (χ4v) is 4.44. The summed E-state index contributed by atoms with van der Waals surface area (Å²) >= 11 is 0. The molecule has 0 spiro atoms. The van der Waals surface area contributed by atoms with Crippen LogP contribution in [0.5, 0.6) is 11.5 Å². The Kier molecular flexibility index (Phi) is 7.64. The van der Waals surface area contributed by atoms with Crippen LogP contribution >= 0.6 is 0 Å². The first-order valence-electron chi connectivity index (χ1n) is 8.73. The summed E-state index contributed by atoms with van der Waals surface area (Å²) in [5, 5.41) is 19.2. The van der Waals surface area contributed by atoms with Gasteiger partial charge in [-0.1, -0.05) is 18.2 Å². The minimum absolute atomic E-state index is 0.0541. The molecule has 1 atom stereocenters. The van der Waals surface area contributed by atoms with Gasteiger partial charge in [0.25, 0.3) is 10.0 Å². The average molecular weight is 410 g/mol. The van der Waals surface area contributed by atoms with Crippen LogP contribution in [0.1, 0.15) is 5.56 Å². The molecule has 0 radical (unpaired) electrons. The van der Waals surface area contributed by atoms with Gasteiger partial charge in [-0.3, -0.25) is 4.31 Å². The number of para-hydroxylation sites is 1. The Morgan fingerprint density at radius 3 is 2.46 bits per heavy atom. The number of aryl methyl sites for hydroxylation is 1. The van der Waals surface area contributed by atoms with E-state index in [9.17, 15) is 18.6 Å². The van der Waals surface area contributed by atoms with Crippen LogP contribution < -0.4 is 19.5 Å². The molecule has 0 saturated carbocycles. The van der Waals surface area contributed by atoms with Crippen LogP contribution in [0.4, 0.5) is 5.69 Å². The molecule has 0 saturated heterocycles. The highest BCUT2D eigenvalue weighted by atomic mass is 32.2. The monoisotopic (exact) mass is 410 g/mol. The summed E-state index contributed by atoms with van der Waals surface area (Å²) in [7, 11) is -2.79. The first-order valence-corrected chi connectivity index (χ1v) is 10.2. The van der Waals surface area contributed by atoms with Crippen molar-refractivity contribution in [2.75, 3.05) is 37.7 Å². The fourth-order valence-electron chi connectivity index (χ4n) is 2.68. The average Bonchev–Trinajstić information content (AvgIpc) is 2.70. The van der Waals surface area contributed by atoms with Crippen LogP contribution in [-0.2, 0) is 10.0 Å². The molecule has 2 aromatic carbocycles. The minimum atomic E-state index is -4.15. The maximum atomic E-state index is 13.5. The zero-order chi connectivity index (χ0) is 20.7. The molecule has 1 unspecified atom stereocenters. The van der Waals surface area contributed by atoms with Gasteiger partial charge >= 0.3 is 0 Å². The Morgan fingerprint density at radius 2 is 1.89 bits per heavy atom. The maximum Gasteiger partial charge on any atom is 0.268 e. The predicted molar refractivity (Wildman–Crippen MR) is 106 cm³/mol. The Hall–Kier alpha value is -2.33. The highest BCUT2D eigenvalue weighted by molar-refractivity contribution is 7.93. The van der Waals surface area contributed by atoms with Crippen molar-refractivity contribution in [3.05, 3.63) is 48.0 Å². The molecule has 9 heteroatoms. The van der Waals surface area contributed by atoms with E-state index in [4.69, 9.17) is 15.2 Å². The molecule has 0 aliphatic carbocycles. The largest absolute Gasteiger partial charge is 0.492 e. The van der Waals surface area contributed by atoms with Gasteiger partial charge in [0, 0.05) is 6.54 Å². The second kappa shape index (κ2) is 9.74. The van der Waals surface area contributed by atoms with Crippen LogP contribution in [0.2, 0.25) is 0 Å². The molecule has 4 N–H and O–H groups in total. The number of sulfonamides is 1. The summed E-state index contributed by atoms with van der Waals surface area (Å²) in [4.78, 5) is -0.101. The normalized spacial score (nSPS) is 12.5. The molecule has 154 valence electrons. The van der Waals surface area contributed by atoms with Crippen molar-refractivity contribution in [2.24, 2.45) is 5.73 Å². The SMILES string of the molecule is COc1c(OCCN)cc(C)cc1S(=O)(=O)N(CC(O)CO)c1ccccc1. The number of rotatable bonds is 10. The number of aliphatic hydroxyl groups excluding tert-OH is 2.